The van der Waals surface area contributed by atoms with Crippen LogP contribution in [-0.4, -0.2) is 48.3 Å². The fourth-order valence-corrected chi connectivity index (χ4v) is 3.79. The van der Waals surface area contributed by atoms with E-state index in [9.17, 15) is 19.2 Å². The Balaban J connectivity index is 1.17. The van der Waals surface area contributed by atoms with Gasteiger partial charge in [0.15, 0.2) is 6.73 Å². The fourth-order valence-electron chi connectivity index (χ4n) is 3.79. The zero-order chi connectivity index (χ0) is 27.5. The summed E-state index contributed by atoms with van der Waals surface area (Å²) >= 11 is 0. The molecule has 0 aromatic heterocycles. The number of esters is 2. The summed E-state index contributed by atoms with van der Waals surface area (Å²) < 4.78 is 20.8. The van der Waals surface area contributed by atoms with Gasteiger partial charge in [0.05, 0.1) is 6.42 Å². The van der Waals surface area contributed by atoms with Crippen LogP contribution in [0.4, 0.5) is 9.59 Å². The first-order valence-corrected chi connectivity index (χ1v) is 12.4. The number of amides is 2. The van der Waals surface area contributed by atoms with E-state index in [0.29, 0.717) is 5.56 Å². The lowest BCUT2D eigenvalue weighted by atomic mass is 10.1. The molecule has 39 heavy (non-hydrogen) atoms. The minimum atomic E-state index is -0.880. The van der Waals surface area contributed by atoms with E-state index in [4.69, 9.17) is 18.9 Å². The predicted molar refractivity (Wildman–Crippen MR) is 138 cm³/mol. The first kappa shape index (κ1) is 27.2. The van der Waals surface area contributed by atoms with E-state index in [0.717, 1.165) is 11.1 Å². The third kappa shape index (κ3) is 8.32. The third-order valence-electron chi connectivity index (χ3n) is 5.85. The maximum absolute atomic E-state index is 12.4. The van der Waals surface area contributed by atoms with Crippen molar-refractivity contribution < 1.29 is 38.1 Å². The van der Waals surface area contributed by atoms with Gasteiger partial charge in [0.1, 0.15) is 25.0 Å². The zero-order valence-electron chi connectivity index (χ0n) is 21.1. The minimum absolute atomic E-state index is 0.0619. The quantitative estimate of drug-likeness (QED) is 0.308. The van der Waals surface area contributed by atoms with Gasteiger partial charge in [0.25, 0.3) is 0 Å². The van der Waals surface area contributed by atoms with Gasteiger partial charge in [-0.15, -0.1) is 0 Å². The first-order valence-electron chi connectivity index (χ1n) is 12.4. The molecule has 4 rings (SSSR count). The van der Waals surface area contributed by atoms with Gasteiger partial charge in [-0.05, 0) is 35.2 Å². The van der Waals surface area contributed by atoms with Crippen molar-refractivity contribution in [3.8, 4) is 5.75 Å². The largest absolute Gasteiger partial charge is 0.461 e. The van der Waals surface area contributed by atoms with Crippen LogP contribution >= 0.6 is 0 Å². The maximum Gasteiger partial charge on any atom is 0.413 e. The lowest BCUT2D eigenvalue weighted by Gasteiger charge is -2.19. The van der Waals surface area contributed by atoms with Crippen molar-refractivity contribution in [2.75, 3.05) is 13.3 Å². The van der Waals surface area contributed by atoms with Crippen LogP contribution in [0, 0.1) is 0 Å². The van der Waals surface area contributed by atoms with Crippen LogP contribution in [-0.2, 0) is 43.4 Å². The molecule has 3 aromatic carbocycles. The van der Waals surface area contributed by atoms with Crippen molar-refractivity contribution in [3.05, 3.63) is 102 Å². The fraction of sp³-hybridized carbons (Fsp3) is 0.241. The number of carbonyl (C=O) groups is 4. The molecule has 0 unspecified atom stereocenters. The van der Waals surface area contributed by atoms with Crippen molar-refractivity contribution in [1.82, 2.24) is 10.2 Å². The zero-order valence-corrected chi connectivity index (χ0v) is 21.1. The van der Waals surface area contributed by atoms with Gasteiger partial charge < -0.3 is 24.3 Å². The van der Waals surface area contributed by atoms with Crippen LogP contribution in [0.3, 0.4) is 0 Å². The lowest BCUT2D eigenvalue weighted by Crippen LogP contribution is -2.41. The average Bonchev–Trinajstić information content (AvgIpc) is 3.33. The first-order chi connectivity index (χ1) is 19.0. The molecule has 3 aromatic rings. The van der Waals surface area contributed by atoms with E-state index < -0.39 is 24.2 Å². The molecule has 1 heterocycles. The van der Waals surface area contributed by atoms with Crippen molar-refractivity contribution in [2.24, 2.45) is 0 Å². The molecule has 0 aliphatic carbocycles. The summed E-state index contributed by atoms with van der Waals surface area (Å²) in [5.41, 5.74) is 2.43. The number of hydrogen-bond donors (Lipinski definition) is 1. The lowest BCUT2D eigenvalue weighted by molar-refractivity contribution is -0.144. The highest BCUT2D eigenvalue weighted by Crippen LogP contribution is 2.17. The minimum Gasteiger partial charge on any atom is -0.461 e. The van der Waals surface area contributed by atoms with E-state index >= 15 is 0 Å². The van der Waals surface area contributed by atoms with Crippen LogP contribution < -0.4 is 10.1 Å². The molecular formula is C29H28N2O8. The normalized spacial score (nSPS) is 14.3. The monoisotopic (exact) mass is 532 g/mol. The Bertz CT molecular complexity index is 1270. The molecule has 0 spiro atoms. The molecule has 0 bridgehead atoms. The average molecular weight is 533 g/mol. The predicted octanol–water partition coefficient (Wildman–Crippen LogP) is 3.97. The Hall–Kier alpha value is -4.86. The van der Waals surface area contributed by atoms with Gasteiger partial charge in [-0.1, -0.05) is 72.8 Å². The summed E-state index contributed by atoms with van der Waals surface area (Å²) in [7, 11) is 0. The van der Waals surface area contributed by atoms with E-state index in [1.807, 2.05) is 60.7 Å². The number of nitrogens with zero attached hydrogens (tertiary/aromatic N) is 1. The number of nitrogens with one attached hydrogen (secondary N) is 1. The van der Waals surface area contributed by atoms with Gasteiger partial charge in [-0.2, -0.15) is 0 Å². The Labute approximate surface area is 225 Å². The summed E-state index contributed by atoms with van der Waals surface area (Å²) in [6, 6.07) is 24.1. The van der Waals surface area contributed by atoms with Crippen LogP contribution in [0.25, 0.3) is 0 Å². The highest BCUT2D eigenvalue weighted by atomic mass is 16.6. The van der Waals surface area contributed by atoms with Gasteiger partial charge in [-0.25, -0.2) is 14.4 Å². The van der Waals surface area contributed by atoms with Crippen molar-refractivity contribution >= 4 is 24.1 Å². The summed E-state index contributed by atoms with van der Waals surface area (Å²) in [5, 5.41) is 2.55. The van der Waals surface area contributed by atoms with Crippen molar-refractivity contribution in [2.45, 2.75) is 32.1 Å². The second-order valence-corrected chi connectivity index (χ2v) is 8.69. The van der Waals surface area contributed by atoms with Crippen LogP contribution in [0.5, 0.6) is 5.75 Å². The second kappa shape index (κ2) is 13.6. The molecule has 2 amide bonds. The molecule has 1 aliphatic heterocycles. The number of ether oxygens (including phenoxy) is 4. The molecule has 1 aliphatic rings. The van der Waals surface area contributed by atoms with E-state index in [1.165, 1.54) is 4.90 Å². The summed E-state index contributed by atoms with van der Waals surface area (Å²) in [4.78, 5) is 50.0. The Morgan fingerprint density at radius 2 is 1.44 bits per heavy atom. The number of benzene rings is 3. The molecule has 1 saturated heterocycles. The third-order valence-corrected chi connectivity index (χ3v) is 5.85. The highest BCUT2D eigenvalue weighted by Gasteiger charge is 2.38. The van der Waals surface area contributed by atoms with Gasteiger partial charge in [-0.3, -0.25) is 9.69 Å². The molecule has 202 valence electrons. The van der Waals surface area contributed by atoms with Crippen LogP contribution in [0.1, 0.15) is 23.1 Å². The number of hydrogen-bond acceptors (Lipinski definition) is 8. The topological polar surface area (TPSA) is 120 Å². The number of cyclic esters (lactones) is 1. The molecule has 10 heteroatoms. The number of carbonyl (C=O) groups excluding carboxylic acids is 4. The molecule has 10 nitrogen and oxygen atoms in total. The van der Waals surface area contributed by atoms with Crippen molar-refractivity contribution in [1.29, 1.82) is 0 Å². The van der Waals surface area contributed by atoms with E-state index in [-0.39, 0.29) is 51.0 Å². The number of rotatable bonds is 10. The maximum atomic E-state index is 12.4. The smallest absolute Gasteiger partial charge is 0.413 e. The molecule has 0 radical (unpaired) electrons. The molecule has 0 saturated carbocycles. The molecular weight excluding hydrogens is 504 g/mol. The SMILES string of the molecule is O=C(Cc1ccc(OC(=O)NCC[C@H]2C(=O)OCN2C(=O)OCc2ccccc2)cc1)OCc1ccccc1. The Kier molecular flexibility index (Phi) is 9.49. The molecule has 1 fully saturated rings. The second-order valence-electron chi connectivity index (χ2n) is 8.69. The van der Waals surface area contributed by atoms with Gasteiger partial charge in [0, 0.05) is 6.54 Å². The molecule has 1 atom stereocenters. The van der Waals surface area contributed by atoms with E-state index in [1.54, 1.807) is 24.3 Å². The van der Waals surface area contributed by atoms with E-state index in [2.05, 4.69) is 5.32 Å². The van der Waals surface area contributed by atoms with Crippen LogP contribution in [0.2, 0.25) is 0 Å². The van der Waals surface area contributed by atoms with Crippen molar-refractivity contribution in [3.63, 3.8) is 0 Å². The highest BCUT2D eigenvalue weighted by molar-refractivity contribution is 5.84. The Morgan fingerprint density at radius 1 is 0.821 bits per heavy atom. The van der Waals surface area contributed by atoms with Gasteiger partial charge in [0.2, 0.25) is 0 Å². The summed E-state index contributed by atoms with van der Waals surface area (Å²) in [6.45, 7) is 0.113. The van der Waals surface area contributed by atoms with Gasteiger partial charge >= 0.3 is 24.1 Å². The van der Waals surface area contributed by atoms with Crippen LogP contribution in [0.15, 0.2) is 84.9 Å². The standard InChI is InChI=1S/C29H28N2O8/c32-26(36-18-22-7-3-1-4-8-22)17-21-11-13-24(14-12-21)39-28(34)30-16-15-25-27(33)38-20-31(25)29(35)37-19-23-9-5-2-6-10-23/h1-14,25H,15-20H2,(H,30,34)/t25-/m0/s1. The summed E-state index contributed by atoms with van der Waals surface area (Å²) in [5.74, 6) is -0.659. The molecule has 1 N–H and O–H groups in total. The summed E-state index contributed by atoms with van der Waals surface area (Å²) in [6.07, 6.45) is -1.20. The Morgan fingerprint density at radius 3 is 2.08 bits per heavy atom.